The van der Waals surface area contributed by atoms with Gasteiger partial charge >= 0.3 is 0 Å². The fraction of sp³-hybridized carbons (Fsp3) is 0.625. The van der Waals surface area contributed by atoms with Crippen LogP contribution in [0, 0.1) is 5.41 Å². The van der Waals surface area contributed by atoms with E-state index in [1.807, 2.05) is 26.0 Å². The highest BCUT2D eigenvalue weighted by molar-refractivity contribution is 9.10. The van der Waals surface area contributed by atoms with Gasteiger partial charge in [0.25, 0.3) is 0 Å². The number of methoxy groups -OCH3 is 1. The molecule has 1 aliphatic carbocycles. The molecule has 4 nitrogen and oxygen atoms in total. The van der Waals surface area contributed by atoms with Crippen molar-refractivity contribution in [3.63, 3.8) is 0 Å². The molecule has 0 radical (unpaired) electrons. The first-order valence-electron chi connectivity index (χ1n) is 10.6. The first-order chi connectivity index (χ1) is 13.7. The number of allylic oxidation sites excluding steroid dienone is 2. The van der Waals surface area contributed by atoms with E-state index in [9.17, 15) is 4.79 Å². The van der Waals surface area contributed by atoms with Crippen LogP contribution in [0.5, 0.6) is 11.5 Å². The van der Waals surface area contributed by atoms with E-state index in [2.05, 4.69) is 63.6 Å². The molecule has 6 heteroatoms. The number of hydrogen-bond acceptors (Lipinski definition) is 4. The molecule has 0 saturated carbocycles. The van der Waals surface area contributed by atoms with Crippen LogP contribution < -0.4 is 9.16 Å². The van der Waals surface area contributed by atoms with Crippen molar-refractivity contribution >= 4 is 30.0 Å². The second-order valence-corrected chi connectivity index (χ2v) is 15.9. The normalized spacial score (nSPS) is 19.7. The van der Waals surface area contributed by atoms with Gasteiger partial charge in [-0.15, -0.1) is 0 Å². The van der Waals surface area contributed by atoms with E-state index in [1.165, 1.54) is 0 Å². The molecule has 0 amide bonds. The Morgan fingerprint density at radius 1 is 1.20 bits per heavy atom. The van der Waals surface area contributed by atoms with Gasteiger partial charge in [0.05, 0.1) is 24.1 Å². The summed E-state index contributed by atoms with van der Waals surface area (Å²) >= 11 is 3.61. The number of hydrogen-bond donors (Lipinski definition) is 0. The molecule has 1 aromatic rings. The van der Waals surface area contributed by atoms with Crippen LogP contribution in [0.25, 0.3) is 0 Å². The molecule has 0 heterocycles. The smallest absolute Gasteiger partial charge is 0.250 e. The minimum atomic E-state index is -2.11. The van der Waals surface area contributed by atoms with Crippen molar-refractivity contribution in [1.82, 2.24) is 0 Å². The molecule has 30 heavy (non-hydrogen) atoms. The maximum absolute atomic E-state index is 13.6. The molecule has 0 aromatic heterocycles. The van der Waals surface area contributed by atoms with Crippen molar-refractivity contribution in [3.8, 4) is 11.5 Å². The van der Waals surface area contributed by atoms with Gasteiger partial charge in [-0.1, -0.05) is 34.6 Å². The SMILES string of the molecule is CCOC1=C(C)C(=O)C(c2cc(OC)c(Br)cc2O[Si](C)(C)C(C)(C)C)C(C)(C)C1. The fourth-order valence-corrected chi connectivity index (χ4v) is 5.22. The minimum absolute atomic E-state index is 0.0424. The van der Waals surface area contributed by atoms with Crippen LogP contribution in [0.3, 0.4) is 0 Å². The van der Waals surface area contributed by atoms with Crippen molar-refractivity contribution in [1.29, 1.82) is 0 Å². The standard InChI is InChI=1S/C24H37BrO4Si/c1-11-28-20-14-24(6,7)21(22(26)15(20)2)16-12-19(27-8)17(25)13-18(16)29-30(9,10)23(3,4)5/h12-13,21H,11,14H2,1-10H3. The van der Waals surface area contributed by atoms with E-state index in [4.69, 9.17) is 13.9 Å². The van der Waals surface area contributed by atoms with Crippen LogP contribution in [0.1, 0.15) is 66.4 Å². The van der Waals surface area contributed by atoms with Gasteiger partial charge in [0.2, 0.25) is 8.32 Å². The Balaban J connectivity index is 2.69. The number of ketones is 1. The lowest BCUT2D eigenvalue weighted by Crippen LogP contribution is -2.44. The highest BCUT2D eigenvalue weighted by Crippen LogP contribution is 2.52. The summed E-state index contributed by atoms with van der Waals surface area (Å²) < 4.78 is 18.9. The Labute approximate surface area is 191 Å². The lowest BCUT2D eigenvalue weighted by Gasteiger charge is -2.41. The van der Waals surface area contributed by atoms with Crippen molar-refractivity contribution < 1.29 is 18.7 Å². The van der Waals surface area contributed by atoms with Crippen molar-refractivity contribution in [2.45, 2.75) is 78.9 Å². The Kier molecular flexibility index (Phi) is 7.24. The zero-order chi connectivity index (χ0) is 23.1. The molecule has 0 bridgehead atoms. The highest BCUT2D eigenvalue weighted by atomic mass is 79.9. The van der Waals surface area contributed by atoms with Gasteiger partial charge in [-0.05, 0) is 65.5 Å². The average Bonchev–Trinajstić information content (AvgIpc) is 2.59. The summed E-state index contributed by atoms with van der Waals surface area (Å²) in [5.74, 6) is 2.05. The first kappa shape index (κ1) is 25.0. The zero-order valence-electron chi connectivity index (χ0n) is 20.2. The van der Waals surface area contributed by atoms with Crippen LogP contribution in [-0.4, -0.2) is 27.8 Å². The second kappa shape index (κ2) is 8.70. The number of ether oxygens (including phenoxy) is 2. The molecular weight excluding hydrogens is 460 g/mol. The molecule has 0 fully saturated rings. The van der Waals surface area contributed by atoms with Crippen molar-refractivity contribution in [2.24, 2.45) is 5.41 Å². The third-order valence-electron chi connectivity index (χ3n) is 6.53. The maximum Gasteiger partial charge on any atom is 0.250 e. The van der Waals surface area contributed by atoms with Gasteiger partial charge in [-0.3, -0.25) is 4.79 Å². The van der Waals surface area contributed by atoms with Gasteiger partial charge in [-0.2, -0.15) is 0 Å². The number of carbonyl (C=O) groups is 1. The molecule has 1 atom stereocenters. The summed E-state index contributed by atoms with van der Waals surface area (Å²) in [4.78, 5) is 13.6. The fourth-order valence-electron chi connectivity index (χ4n) is 3.70. The third kappa shape index (κ3) is 4.80. The summed E-state index contributed by atoms with van der Waals surface area (Å²) in [6, 6.07) is 3.94. The molecule has 168 valence electrons. The van der Waals surface area contributed by atoms with E-state index in [0.29, 0.717) is 24.4 Å². The molecule has 0 spiro atoms. The van der Waals surface area contributed by atoms with Gasteiger partial charge in [0.15, 0.2) is 5.78 Å². The Bertz CT molecular complexity index is 849. The topological polar surface area (TPSA) is 44.8 Å². The lowest BCUT2D eigenvalue weighted by atomic mass is 9.65. The first-order valence-corrected chi connectivity index (χ1v) is 14.3. The van der Waals surface area contributed by atoms with Crippen LogP contribution in [0.4, 0.5) is 0 Å². The van der Waals surface area contributed by atoms with Crippen LogP contribution >= 0.6 is 15.9 Å². The molecule has 0 aliphatic heterocycles. The zero-order valence-corrected chi connectivity index (χ0v) is 22.7. The second-order valence-electron chi connectivity index (χ2n) is 10.3. The largest absolute Gasteiger partial charge is 0.543 e. The number of halogens is 1. The van der Waals surface area contributed by atoms with E-state index in [1.54, 1.807) is 7.11 Å². The number of benzene rings is 1. The van der Waals surface area contributed by atoms with E-state index in [0.717, 1.165) is 21.5 Å². The van der Waals surface area contributed by atoms with Gasteiger partial charge in [0.1, 0.15) is 17.3 Å². The summed E-state index contributed by atoms with van der Waals surface area (Å²) in [5, 5.41) is 0.0424. The minimum Gasteiger partial charge on any atom is -0.543 e. The molecule has 0 saturated heterocycles. The van der Waals surface area contributed by atoms with Crippen LogP contribution in [0.15, 0.2) is 27.9 Å². The Hall–Kier alpha value is -1.27. The number of rotatable bonds is 6. The summed E-state index contributed by atoms with van der Waals surface area (Å²) in [6.07, 6.45) is 0.709. The molecule has 1 aromatic carbocycles. The molecular formula is C24H37BrO4Si. The number of carbonyl (C=O) groups excluding carboxylic acids is 1. The highest BCUT2D eigenvalue weighted by Gasteiger charge is 2.46. The van der Waals surface area contributed by atoms with Gasteiger partial charge < -0.3 is 13.9 Å². The molecule has 1 unspecified atom stereocenters. The molecule has 1 aliphatic rings. The average molecular weight is 498 g/mol. The lowest BCUT2D eigenvalue weighted by molar-refractivity contribution is -0.120. The van der Waals surface area contributed by atoms with E-state index >= 15 is 0 Å². The van der Waals surface area contributed by atoms with Gasteiger partial charge in [-0.25, -0.2) is 0 Å². The Morgan fingerprint density at radius 2 is 1.80 bits per heavy atom. The summed E-state index contributed by atoms with van der Waals surface area (Å²) in [5.41, 5.74) is 1.29. The molecule has 2 rings (SSSR count). The maximum atomic E-state index is 13.6. The van der Waals surface area contributed by atoms with Gasteiger partial charge in [0, 0.05) is 17.6 Å². The van der Waals surface area contributed by atoms with Crippen LogP contribution in [-0.2, 0) is 9.53 Å². The monoisotopic (exact) mass is 496 g/mol. The predicted molar refractivity (Wildman–Crippen MR) is 129 cm³/mol. The van der Waals surface area contributed by atoms with Crippen molar-refractivity contribution in [2.75, 3.05) is 13.7 Å². The Morgan fingerprint density at radius 3 is 2.30 bits per heavy atom. The molecule has 0 N–H and O–H groups in total. The van der Waals surface area contributed by atoms with Crippen LogP contribution in [0.2, 0.25) is 18.1 Å². The van der Waals surface area contributed by atoms with E-state index < -0.39 is 8.32 Å². The summed E-state index contributed by atoms with van der Waals surface area (Å²) in [6.45, 7) is 19.7. The summed E-state index contributed by atoms with van der Waals surface area (Å²) in [7, 11) is -0.469. The third-order valence-corrected chi connectivity index (χ3v) is 11.5. The number of Topliss-reactive ketones (excluding diaryl/α,β-unsaturated/α-hetero) is 1. The van der Waals surface area contributed by atoms with Crippen molar-refractivity contribution in [3.05, 3.63) is 33.5 Å². The predicted octanol–water partition coefficient (Wildman–Crippen LogP) is 7.23. The van der Waals surface area contributed by atoms with E-state index in [-0.39, 0.29) is 22.2 Å². The quantitative estimate of drug-likeness (QED) is 0.389.